The Morgan fingerprint density at radius 3 is 2.79 bits per heavy atom. The summed E-state index contributed by atoms with van der Waals surface area (Å²) in [6.45, 7) is 1.51. The lowest BCUT2D eigenvalue weighted by Crippen LogP contribution is -2.45. The molecule has 4 heteroatoms. The predicted octanol–water partition coefficient (Wildman–Crippen LogP) is 0.671. The quantitative estimate of drug-likeness (QED) is 0.537. The van der Waals surface area contributed by atoms with Crippen molar-refractivity contribution < 1.29 is 19.4 Å². The predicted molar refractivity (Wildman–Crippen MR) is 49.6 cm³/mol. The van der Waals surface area contributed by atoms with Gasteiger partial charge in [-0.3, -0.25) is 9.59 Å². The minimum atomic E-state index is -1.26. The van der Waals surface area contributed by atoms with Gasteiger partial charge in [-0.1, -0.05) is 6.42 Å². The summed E-state index contributed by atoms with van der Waals surface area (Å²) in [4.78, 5) is 23.2. The molecule has 0 aromatic carbocycles. The molecule has 1 rings (SSSR count). The van der Waals surface area contributed by atoms with Crippen LogP contribution in [0.2, 0.25) is 0 Å². The van der Waals surface area contributed by atoms with Crippen molar-refractivity contribution in [2.24, 2.45) is 5.41 Å². The van der Waals surface area contributed by atoms with Crippen molar-refractivity contribution >= 4 is 11.8 Å². The first-order chi connectivity index (χ1) is 6.67. The zero-order chi connectivity index (χ0) is 10.6. The molecule has 0 aliphatic heterocycles. The van der Waals surface area contributed by atoms with Crippen molar-refractivity contribution in [3.05, 3.63) is 0 Å². The summed E-state index contributed by atoms with van der Waals surface area (Å²) in [6.07, 6.45) is 2.39. The van der Waals surface area contributed by atoms with Crippen molar-refractivity contribution in [3.63, 3.8) is 0 Å². The maximum Gasteiger partial charge on any atom is 0.322 e. The van der Waals surface area contributed by atoms with E-state index in [-0.39, 0.29) is 12.4 Å². The topological polar surface area (TPSA) is 63.6 Å². The van der Waals surface area contributed by atoms with Crippen LogP contribution in [-0.2, 0) is 14.3 Å². The summed E-state index contributed by atoms with van der Waals surface area (Å²) < 4.78 is 4.83. The third kappa shape index (κ3) is 1.80. The molecule has 14 heavy (non-hydrogen) atoms. The smallest absolute Gasteiger partial charge is 0.322 e. The zero-order valence-corrected chi connectivity index (χ0v) is 8.41. The minimum Gasteiger partial charge on any atom is -0.465 e. The van der Waals surface area contributed by atoms with Crippen molar-refractivity contribution in [1.82, 2.24) is 0 Å². The highest BCUT2D eigenvalue weighted by molar-refractivity contribution is 6.04. The van der Waals surface area contributed by atoms with E-state index in [0.29, 0.717) is 12.8 Å². The monoisotopic (exact) mass is 200 g/mol. The van der Waals surface area contributed by atoms with Gasteiger partial charge in [0.25, 0.3) is 0 Å². The molecule has 0 saturated heterocycles. The van der Waals surface area contributed by atoms with Crippen LogP contribution in [0.25, 0.3) is 0 Å². The van der Waals surface area contributed by atoms with E-state index in [4.69, 9.17) is 4.74 Å². The number of ketones is 1. The first-order valence-corrected chi connectivity index (χ1v) is 4.99. The molecule has 4 nitrogen and oxygen atoms in total. The van der Waals surface area contributed by atoms with Crippen molar-refractivity contribution in [2.75, 3.05) is 13.2 Å². The zero-order valence-electron chi connectivity index (χ0n) is 8.41. The Kier molecular flexibility index (Phi) is 3.63. The number of aliphatic hydroxyl groups excluding tert-OH is 1. The normalized spacial score (nSPS) is 27.4. The minimum absolute atomic E-state index is 0.176. The summed E-state index contributed by atoms with van der Waals surface area (Å²) in [5, 5.41) is 9.19. The highest BCUT2D eigenvalue weighted by Crippen LogP contribution is 2.34. The molecule has 0 heterocycles. The van der Waals surface area contributed by atoms with E-state index in [0.717, 1.165) is 12.8 Å². The van der Waals surface area contributed by atoms with Gasteiger partial charge in [-0.15, -0.1) is 0 Å². The lowest BCUT2D eigenvalue weighted by molar-refractivity contribution is -0.165. The molecule has 80 valence electrons. The van der Waals surface area contributed by atoms with Crippen molar-refractivity contribution in [3.8, 4) is 0 Å². The average molecular weight is 200 g/mol. The second-order valence-corrected chi connectivity index (χ2v) is 3.59. The Hall–Kier alpha value is -0.900. The number of Topliss-reactive ketones (excluding diaryl/α,β-unsaturated/α-hetero) is 1. The number of carbonyl (C=O) groups excluding carboxylic acids is 2. The molecule has 0 amide bonds. The number of hydrogen-bond donors (Lipinski definition) is 1. The van der Waals surface area contributed by atoms with E-state index in [1.807, 2.05) is 0 Å². The maximum absolute atomic E-state index is 11.6. The molecule has 1 N–H and O–H groups in total. The van der Waals surface area contributed by atoms with Gasteiger partial charge in [0.1, 0.15) is 5.41 Å². The van der Waals surface area contributed by atoms with Gasteiger partial charge in [0, 0.05) is 6.42 Å². The van der Waals surface area contributed by atoms with E-state index in [1.165, 1.54) is 0 Å². The fourth-order valence-electron chi connectivity index (χ4n) is 1.81. The lowest BCUT2D eigenvalue weighted by Gasteiger charge is -2.31. The fourth-order valence-corrected chi connectivity index (χ4v) is 1.81. The van der Waals surface area contributed by atoms with Crippen LogP contribution in [0.1, 0.15) is 32.6 Å². The molecular weight excluding hydrogens is 184 g/mol. The highest BCUT2D eigenvalue weighted by atomic mass is 16.5. The summed E-state index contributed by atoms with van der Waals surface area (Å²) in [7, 11) is 0. The van der Waals surface area contributed by atoms with Crippen LogP contribution in [-0.4, -0.2) is 30.1 Å². The van der Waals surface area contributed by atoms with E-state index in [2.05, 4.69) is 0 Å². The molecule has 1 aliphatic carbocycles. The van der Waals surface area contributed by atoms with Gasteiger partial charge in [-0.05, 0) is 19.8 Å². The molecule has 1 aliphatic rings. The van der Waals surface area contributed by atoms with Crippen LogP contribution in [0, 0.1) is 5.41 Å². The van der Waals surface area contributed by atoms with Crippen LogP contribution in [0.15, 0.2) is 0 Å². The van der Waals surface area contributed by atoms with Crippen LogP contribution >= 0.6 is 0 Å². The first-order valence-electron chi connectivity index (χ1n) is 4.99. The standard InChI is InChI=1S/C10H16O4/c1-2-14-9(13)10(7-11)6-4-3-5-8(10)12/h11H,2-7H2,1H3. The summed E-state index contributed by atoms with van der Waals surface area (Å²) in [5.74, 6) is -0.739. The number of esters is 1. The van der Waals surface area contributed by atoms with E-state index >= 15 is 0 Å². The molecule has 1 unspecified atom stereocenters. The molecular formula is C10H16O4. The van der Waals surface area contributed by atoms with Gasteiger partial charge in [0.15, 0.2) is 5.78 Å². The number of rotatable bonds is 3. The SMILES string of the molecule is CCOC(=O)C1(CO)CCCCC1=O. The van der Waals surface area contributed by atoms with Gasteiger partial charge in [-0.2, -0.15) is 0 Å². The van der Waals surface area contributed by atoms with E-state index < -0.39 is 18.0 Å². The van der Waals surface area contributed by atoms with E-state index in [1.54, 1.807) is 6.92 Å². The summed E-state index contributed by atoms with van der Waals surface area (Å²) >= 11 is 0. The Labute approximate surface area is 83.2 Å². The first kappa shape index (κ1) is 11.2. The third-order valence-electron chi connectivity index (χ3n) is 2.73. The third-order valence-corrected chi connectivity index (χ3v) is 2.73. The lowest BCUT2D eigenvalue weighted by atomic mass is 9.73. The van der Waals surface area contributed by atoms with Crippen molar-refractivity contribution in [1.29, 1.82) is 0 Å². The second-order valence-electron chi connectivity index (χ2n) is 3.59. The van der Waals surface area contributed by atoms with Gasteiger partial charge >= 0.3 is 5.97 Å². The summed E-state index contributed by atoms with van der Waals surface area (Å²) in [6, 6.07) is 0. The maximum atomic E-state index is 11.6. The Morgan fingerprint density at radius 1 is 1.57 bits per heavy atom. The second kappa shape index (κ2) is 4.55. The number of carbonyl (C=O) groups is 2. The van der Waals surface area contributed by atoms with Crippen LogP contribution in [0.5, 0.6) is 0 Å². The molecule has 1 saturated carbocycles. The fraction of sp³-hybridized carbons (Fsp3) is 0.800. The van der Waals surface area contributed by atoms with Gasteiger partial charge in [0.05, 0.1) is 13.2 Å². The van der Waals surface area contributed by atoms with Gasteiger partial charge in [-0.25, -0.2) is 0 Å². The average Bonchev–Trinajstić information content (AvgIpc) is 2.19. The van der Waals surface area contributed by atoms with Gasteiger partial charge in [0.2, 0.25) is 0 Å². The molecule has 0 aromatic heterocycles. The number of hydrogen-bond acceptors (Lipinski definition) is 4. The molecule has 0 aromatic rings. The van der Waals surface area contributed by atoms with Crippen LogP contribution < -0.4 is 0 Å². The van der Waals surface area contributed by atoms with Crippen LogP contribution in [0.3, 0.4) is 0 Å². The molecule has 1 atom stereocenters. The molecule has 0 radical (unpaired) electrons. The molecule has 0 bridgehead atoms. The Bertz CT molecular complexity index is 236. The largest absolute Gasteiger partial charge is 0.465 e. The number of ether oxygens (including phenoxy) is 1. The Morgan fingerprint density at radius 2 is 2.29 bits per heavy atom. The van der Waals surface area contributed by atoms with Crippen molar-refractivity contribution in [2.45, 2.75) is 32.6 Å². The summed E-state index contributed by atoms with van der Waals surface area (Å²) in [5.41, 5.74) is -1.26. The van der Waals surface area contributed by atoms with E-state index in [9.17, 15) is 14.7 Å². The number of aliphatic hydroxyl groups is 1. The molecule has 0 spiro atoms. The Balaban J connectivity index is 2.82. The van der Waals surface area contributed by atoms with Crippen LogP contribution in [0.4, 0.5) is 0 Å². The van der Waals surface area contributed by atoms with Gasteiger partial charge < -0.3 is 9.84 Å². The molecule has 1 fully saturated rings. The highest BCUT2D eigenvalue weighted by Gasteiger charge is 2.47.